The van der Waals surface area contributed by atoms with Gasteiger partial charge in [-0.1, -0.05) is 0 Å². The molecule has 0 saturated heterocycles. The molecule has 0 nitrogen and oxygen atoms in total. The van der Waals surface area contributed by atoms with Gasteiger partial charge in [0.15, 0.2) is 0 Å². The van der Waals surface area contributed by atoms with E-state index in [-0.39, 0.29) is 0 Å². The van der Waals surface area contributed by atoms with E-state index in [4.69, 9.17) is 0 Å². The van der Waals surface area contributed by atoms with Gasteiger partial charge in [0.1, 0.15) is 0 Å². The Morgan fingerprint density at radius 2 is 2.57 bits per heavy atom. The summed E-state index contributed by atoms with van der Waals surface area (Å²) >= 11 is 0. The van der Waals surface area contributed by atoms with Crippen molar-refractivity contribution in [1.29, 1.82) is 0 Å². The molecular weight excluding hydrogens is 84.1 g/mol. The second-order valence-corrected chi connectivity index (χ2v) is 1.42. The summed E-state index contributed by atoms with van der Waals surface area (Å²) in [4.78, 5) is 0. The maximum absolute atomic E-state index is 3.60. The van der Waals surface area contributed by atoms with Crippen molar-refractivity contribution in [2.24, 2.45) is 0 Å². The Labute approximate surface area is 43.5 Å². The minimum atomic E-state index is 1.19. The van der Waals surface area contributed by atoms with Gasteiger partial charge in [0.05, 0.1) is 0 Å². The Hall–Kier alpha value is -0.910. The van der Waals surface area contributed by atoms with Crippen LogP contribution in [0, 0.1) is 0 Å². The number of rotatable bonds is 1. The van der Waals surface area contributed by atoms with Crippen LogP contribution in [0.15, 0.2) is 30.8 Å². The average Bonchev–Trinajstić information content (AvgIpc) is 2.14. The van der Waals surface area contributed by atoms with Crippen molar-refractivity contribution in [3.05, 3.63) is 36.4 Å². The summed E-state index contributed by atoms with van der Waals surface area (Å²) in [6.45, 7) is 3.60. The third kappa shape index (κ3) is 0.743. The van der Waals surface area contributed by atoms with E-state index in [0.29, 0.717) is 0 Å². The lowest BCUT2D eigenvalue weighted by Crippen LogP contribution is -1.50. The Morgan fingerprint density at radius 3 is 2.86 bits per heavy atom. The van der Waals surface area contributed by atoms with Crippen molar-refractivity contribution >= 4 is 6.08 Å². The van der Waals surface area contributed by atoms with Crippen molar-refractivity contribution in [2.75, 3.05) is 0 Å². The van der Waals surface area contributed by atoms with Gasteiger partial charge in [-0.3, -0.25) is 0 Å². The van der Waals surface area contributed by atoms with Gasteiger partial charge in [-0.15, -0.1) is 12.7 Å². The zero-order valence-corrected chi connectivity index (χ0v) is 4.09. The van der Waals surface area contributed by atoms with Crippen LogP contribution in [0.1, 0.15) is 5.56 Å². The summed E-state index contributed by atoms with van der Waals surface area (Å²) in [5.74, 6) is 0. The van der Waals surface area contributed by atoms with E-state index in [1.54, 1.807) is 0 Å². The molecule has 0 aliphatic rings. The molecule has 0 N–H and O–H groups in total. The molecule has 0 aliphatic carbocycles. The van der Waals surface area contributed by atoms with E-state index in [9.17, 15) is 0 Å². The molecular formula is C7H7-. The van der Waals surface area contributed by atoms with Crippen LogP contribution in [0.3, 0.4) is 0 Å². The molecule has 1 aromatic rings. The molecule has 0 heteroatoms. The number of hydrogen-bond acceptors (Lipinski definition) is 0. The lowest BCUT2D eigenvalue weighted by Gasteiger charge is -1.84. The first kappa shape index (κ1) is 4.25. The summed E-state index contributed by atoms with van der Waals surface area (Å²) in [5, 5.41) is 0. The lowest BCUT2D eigenvalue weighted by atomic mass is 10.3. The summed E-state index contributed by atoms with van der Waals surface area (Å²) in [6.07, 6.45) is 1.83. The quantitative estimate of drug-likeness (QED) is 0.464. The van der Waals surface area contributed by atoms with Crippen LogP contribution >= 0.6 is 0 Å². The highest BCUT2D eigenvalue weighted by atomic mass is 13.8. The molecule has 0 fully saturated rings. The molecule has 0 spiro atoms. The number of hydrogen-bond donors (Lipinski definition) is 0. The highest BCUT2D eigenvalue weighted by molar-refractivity contribution is 5.46. The van der Waals surface area contributed by atoms with Gasteiger partial charge in [-0.2, -0.15) is 23.8 Å². The second-order valence-electron chi connectivity index (χ2n) is 1.42. The smallest absolute Gasteiger partial charge is 0.112 e. The monoisotopic (exact) mass is 91.1 g/mol. The maximum atomic E-state index is 3.60. The third-order valence-corrected chi connectivity index (χ3v) is 0.924. The molecule has 0 saturated carbocycles. The molecule has 1 aromatic carbocycles. The SMILES string of the molecule is C=Cc1cc[cH-]c1. The van der Waals surface area contributed by atoms with Crippen LogP contribution in [0.5, 0.6) is 0 Å². The van der Waals surface area contributed by atoms with E-state index in [1.165, 1.54) is 5.56 Å². The highest BCUT2D eigenvalue weighted by Gasteiger charge is 1.64. The first-order valence-corrected chi connectivity index (χ1v) is 2.27. The summed E-state index contributed by atoms with van der Waals surface area (Å²) in [6, 6.07) is 8.04. The van der Waals surface area contributed by atoms with Crippen LogP contribution in [0.25, 0.3) is 6.08 Å². The predicted octanol–water partition coefficient (Wildman–Crippen LogP) is 2.05. The van der Waals surface area contributed by atoms with Gasteiger partial charge in [-0.05, 0) is 0 Å². The van der Waals surface area contributed by atoms with Crippen molar-refractivity contribution in [3.8, 4) is 0 Å². The van der Waals surface area contributed by atoms with E-state index in [0.717, 1.165) is 0 Å². The maximum Gasteiger partial charge on any atom is -0.112 e. The van der Waals surface area contributed by atoms with Crippen molar-refractivity contribution in [1.82, 2.24) is 0 Å². The van der Waals surface area contributed by atoms with Gasteiger partial charge >= 0.3 is 0 Å². The van der Waals surface area contributed by atoms with Gasteiger partial charge in [0, 0.05) is 0 Å². The van der Waals surface area contributed by atoms with Gasteiger partial charge in [-0.25, -0.2) is 6.07 Å². The van der Waals surface area contributed by atoms with Gasteiger partial charge in [0.2, 0.25) is 0 Å². The van der Waals surface area contributed by atoms with E-state index < -0.39 is 0 Å². The van der Waals surface area contributed by atoms with Gasteiger partial charge < -0.3 is 0 Å². The largest absolute Gasteiger partial charge is 0.207 e. The molecule has 0 amide bonds. The van der Waals surface area contributed by atoms with Gasteiger partial charge in [0.25, 0.3) is 0 Å². The van der Waals surface area contributed by atoms with Crippen LogP contribution < -0.4 is 0 Å². The fourth-order valence-electron chi connectivity index (χ4n) is 0.525. The lowest BCUT2D eigenvalue weighted by molar-refractivity contribution is 1.89. The fourth-order valence-corrected chi connectivity index (χ4v) is 0.525. The zero-order chi connectivity index (χ0) is 5.11. The van der Waals surface area contributed by atoms with Crippen LogP contribution in [0.4, 0.5) is 0 Å². The van der Waals surface area contributed by atoms with Crippen LogP contribution in [-0.4, -0.2) is 0 Å². The minimum Gasteiger partial charge on any atom is -0.207 e. The molecule has 7 heavy (non-hydrogen) atoms. The first-order valence-electron chi connectivity index (χ1n) is 2.27. The van der Waals surface area contributed by atoms with E-state index in [1.807, 2.05) is 30.3 Å². The molecule has 0 unspecified atom stereocenters. The van der Waals surface area contributed by atoms with Crippen LogP contribution in [0.2, 0.25) is 0 Å². The van der Waals surface area contributed by atoms with E-state index >= 15 is 0 Å². The Morgan fingerprint density at radius 1 is 1.71 bits per heavy atom. The standard InChI is InChI=1S/C7H7/c1-2-7-5-3-4-6-7/h2-6H,1H2/q-1. The normalized spacial score (nSPS) is 8.57. The highest BCUT2D eigenvalue weighted by Crippen LogP contribution is 1.98. The Bertz CT molecular complexity index is 135. The predicted molar refractivity (Wildman–Crippen MR) is 32.1 cm³/mol. The summed E-state index contributed by atoms with van der Waals surface area (Å²) in [5.41, 5.74) is 1.19. The topological polar surface area (TPSA) is 0 Å². The van der Waals surface area contributed by atoms with E-state index in [2.05, 4.69) is 6.58 Å². The summed E-state index contributed by atoms with van der Waals surface area (Å²) < 4.78 is 0. The second kappa shape index (κ2) is 1.69. The fraction of sp³-hybridized carbons (Fsp3) is 0. The molecule has 0 heterocycles. The van der Waals surface area contributed by atoms with Crippen molar-refractivity contribution in [2.45, 2.75) is 0 Å². The van der Waals surface area contributed by atoms with Crippen LogP contribution in [-0.2, 0) is 0 Å². The third-order valence-electron chi connectivity index (χ3n) is 0.924. The summed E-state index contributed by atoms with van der Waals surface area (Å²) in [7, 11) is 0. The average molecular weight is 91.1 g/mol. The Balaban J connectivity index is 2.96. The van der Waals surface area contributed by atoms with Crippen molar-refractivity contribution in [3.63, 3.8) is 0 Å². The molecule has 0 radical (unpaired) electrons. The van der Waals surface area contributed by atoms with Crippen molar-refractivity contribution < 1.29 is 0 Å². The molecule has 0 aromatic heterocycles. The first-order chi connectivity index (χ1) is 3.43. The molecule has 0 bridgehead atoms. The molecule has 1 rings (SSSR count). The Kier molecular flexibility index (Phi) is 1.03. The zero-order valence-electron chi connectivity index (χ0n) is 4.09. The molecule has 36 valence electrons. The minimum absolute atomic E-state index is 1.19. The molecule has 0 aliphatic heterocycles. The molecule has 0 atom stereocenters.